The summed E-state index contributed by atoms with van der Waals surface area (Å²) in [7, 11) is 3.69. The molecule has 0 radical (unpaired) electrons. The molecule has 5 rings (SSSR count). The number of benzene rings is 2. The van der Waals surface area contributed by atoms with Gasteiger partial charge in [-0.25, -0.2) is 0 Å². The minimum Gasteiger partial charge on any atom is -0.490 e. The van der Waals surface area contributed by atoms with Gasteiger partial charge in [0.05, 0.1) is 28.9 Å². The summed E-state index contributed by atoms with van der Waals surface area (Å²) in [5.74, 6) is 1.27. The van der Waals surface area contributed by atoms with Gasteiger partial charge in [-0.2, -0.15) is 13.2 Å². The number of pyridine rings is 2. The number of likely N-dealkylation sites (N-methyl/N-ethyl adjacent to an activating group) is 1. The summed E-state index contributed by atoms with van der Waals surface area (Å²) < 4.78 is 51.9. The smallest absolute Gasteiger partial charge is 0.416 e. The van der Waals surface area contributed by atoms with Crippen LogP contribution in [0.2, 0.25) is 0 Å². The van der Waals surface area contributed by atoms with E-state index < -0.39 is 17.6 Å². The number of hydrogen-bond donors (Lipinski definition) is 2. The van der Waals surface area contributed by atoms with Crippen LogP contribution in [-0.2, 0) is 6.18 Å². The predicted octanol–water partition coefficient (Wildman–Crippen LogP) is 4.98. The Kier molecular flexibility index (Phi) is 8.02. The summed E-state index contributed by atoms with van der Waals surface area (Å²) in [5.41, 5.74) is 0.446. The molecule has 0 saturated heterocycles. The van der Waals surface area contributed by atoms with Crippen LogP contribution in [0.5, 0.6) is 17.2 Å². The molecule has 0 fully saturated rings. The van der Waals surface area contributed by atoms with Crippen molar-refractivity contribution in [1.29, 1.82) is 0 Å². The Morgan fingerprint density at radius 2 is 1.88 bits per heavy atom. The molecule has 0 bridgehead atoms. The van der Waals surface area contributed by atoms with Gasteiger partial charge in [0.25, 0.3) is 5.91 Å². The van der Waals surface area contributed by atoms with Gasteiger partial charge in [0.15, 0.2) is 0 Å². The molecule has 4 aromatic rings. The second kappa shape index (κ2) is 11.8. The van der Waals surface area contributed by atoms with Gasteiger partial charge in [-0.05, 0) is 62.6 Å². The van der Waals surface area contributed by atoms with Gasteiger partial charge in [-0.1, -0.05) is 0 Å². The summed E-state index contributed by atoms with van der Waals surface area (Å²) in [5, 5.41) is 6.34. The molecule has 2 aromatic carbocycles. The number of ether oxygens (including phenoxy) is 2. The zero-order valence-corrected chi connectivity index (χ0v) is 22.3. The molecule has 2 aromatic heterocycles. The average Bonchev–Trinajstić information content (AvgIpc) is 3.48. The molecule has 0 saturated carbocycles. The van der Waals surface area contributed by atoms with Crippen molar-refractivity contribution in [3.8, 4) is 17.2 Å². The van der Waals surface area contributed by atoms with E-state index in [2.05, 4.69) is 25.6 Å². The highest BCUT2D eigenvalue weighted by molar-refractivity contribution is 6.06. The first-order valence-electron chi connectivity index (χ1n) is 12.8. The molecular formula is C29H27F3N6O3. The lowest BCUT2D eigenvalue weighted by atomic mass is 10.1. The first kappa shape index (κ1) is 27.8. The summed E-state index contributed by atoms with van der Waals surface area (Å²) in [6.07, 6.45) is -1.59. The maximum Gasteiger partial charge on any atom is 0.416 e. The second-order valence-corrected chi connectivity index (χ2v) is 9.53. The number of carbonyl (C=O) groups excluding carboxylic acids is 1. The van der Waals surface area contributed by atoms with Crippen molar-refractivity contribution in [2.45, 2.75) is 6.18 Å². The van der Waals surface area contributed by atoms with Crippen LogP contribution < -0.4 is 20.1 Å². The molecule has 0 aliphatic carbocycles. The number of hydrogen-bond acceptors (Lipinski definition) is 8. The van der Waals surface area contributed by atoms with Crippen molar-refractivity contribution < 1.29 is 27.4 Å². The van der Waals surface area contributed by atoms with Gasteiger partial charge in [-0.3, -0.25) is 19.8 Å². The molecule has 1 aliphatic heterocycles. The van der Waals surface area contributed by atoms with Crippen LogP contribution in [0.15, 0.2) is 72.0 Å². The molecule has 0 unspecified atom stereocenters. The highest BCUT2D eigenvalue weighted by Gasteiger charge is 2.31. The number of nitrogens with zero attached hydrogens (tertiary/aromatic N) is 4. The fourth-order valence-electron chi connectivity index (χ4n) is 4.07. The lowest BCUT2D eigenvalue weighted by Crippen LogP contribution is -2.20. The van der Waals surface area contributed by atoms with Gasteiger partial charge in [0.2, 0.25) is 0 Å². The maximum absolute atomic E-state index is 13.4. The Balaban J connectivity index is 1.37. The third-order valence-corrected chi connectivity index (χ3v) is 6.15. The topological polar surface area (TPSA) is 101 Å². The van der Waals surface area contributed by atoms with E-state index in [1.165, 1.54) is 12.3 Å². The van der Waals surface area contributed by atoms with Crippen LogP contribution in [0.4, 0.5) is 18.9 Å². The predicted molar refractivity (Wildman–Crippen MR) is 149 cm³/mol. The van der Waals surface area contributed by atoms with Crippen LogP contribution in [0.3, 0.4) is 0 Å². The lowest BCUT2D eigenvalue weighted by Gasteiger charge is -2.17. The van der Waals surface area contributed by atoms with Gasteiger partial charge >= 0.3 is 6.18 Å². The number of rotatable bonds is 9. The third kappa shape index (κ3) is 6.90. The molecular weight excluding hydrogens is 537 g/mol. The van der Waals surface area contributed by atoms with Crippen LogP contribution in [0, 0.1) is 0 Å². The van der Waals surface area contributed by atoms with E-state index in [1.807, 2.05) is 19.0 Å². The van der Waals surface area contributed by atoms with E-state index >= 15 is 0 Å². The van der Waals surface area contributed by atoms with Crippen molar-refractivity contribution in [3.05, 3.63) is 83.8 Å². The van der Waals surface area contributed by atoms with Crippen molar-refractivity contribution in [1.82, 2.24) is 20.2 Å². The minimum atomic E-state index is -4.58. The number of halogens is 3. The molecule has 1 aliphatic rings. The van der Waals surface area contributed by atoms with E-state index in [-0.39, 0.29) is 23.6 Å². The average molecular weight is 565 g/mol. The van der Waals surface area contributed by atoms with Gasteiger partial charge in [-0.15, -0.1) is 0 Å². The number of fused-ring (bicyclic) bond motifs is 1. The molecule has 212 valence electrons. The number of amidine groups is 1. The molecule has 9 nitrogen and oxygen atoms in total. The number of carbonyl (C=O) groups is 1. The highest BCUT2D eigenvalue weighted by atomic mass is 19.4. The van der Waals surface area contributed by atoms with E-state index in [9.17, 15) is 18.0 Å². The Bertz CT molecular complexity index is 1610. The number of aliphatic imine (C=N–C) groups is 1. The largest absolute Gasteiger partial charge is 0.490 e. The Hall–Kier alpha value is -4.71. The molecule has 3 heterocycles. The highest BCUT2D eigenvalue weighted by Crippen LogP contribution is 2.35. The molecule has 2 N–H and O–H groups in total. The van der Waals surface area contributed by atoms with Crippen molar-refractivity contribution >= 4 is 28.3 Å². The lowest BCUT2D eigenvalue weighted by molar-refractivity contribution is -0.137. The van der Waals surface area contributed by atoms with E-state index in [0.717, 1.165) is 18.7 Å². The van der Waals surface area contributed by atoms with E-state index in [1.54, 1.807) is 42.6 Å². The quantitative estimate of drug-likeness (QED) is 0.296. The summed E-state index contributed by atoms with van der Waals surface area (Å²) in [6, 6.07) is 13.3. The Morgan fingerprint density at radius 1 is 1.05 bits per heavy atom. The van der Waals surface area contributed by atoms with Crippen molar-refractivity contribution in [2.24, 2.45) is 4.99 Å². The number of aromatic nitrogens is 2. The van der Waals surface area contributed by atoms with Crippen molar-refractivity contribution in [3.63, 3.8) is 0 Å². The zero-order valence-electron chi connectivity index (χ0n) is 22.3. The molecule has 0 atom stereocenters. The monoisotopic (exact) mass is 564 g/mol. The second-order valence-electron chi connectivity index (χ2n) is 9.53. The molecule has 1 amide bonds. The van der Waals surface area contributed by atoms with E-state index in [4.69, 9.17) is 9.47 Å². The van der Waals surface area contributed by atoms with Crippen LogP contribution >= 0.6 is 0 Å². The Morgan fingerprint density at radius 3 is 2.63 bits per heavy atom. The summed E-state index contributed by atoms with van der Waals surface area (Å²) >= 11 is 0. The number of nitrogens with one attached hydrogen (secondary N) is 2. The SMILES string of the molecule is CN(C)CCOc1ccc(C(F)(F)F)cc1NC(=O)c1cnc2ccc(Oc3ccnc(C4=NCCN4)c3)cc2c1. The molecule has 41 heavy (non-hydrogen) atoms. The number of anilines is 1. The van der Waals surface area contributed by atoms with Gasteiger partial charge in [0, 0.05) is 36.9 Å². The number of amides is 1. The zero-order chi connectivity index (χ0) is 29.0. The normalized spacial score (nSPS) is 13.2. The van der Waals surface area contributed by atoms with Gasteiger partial charge < -0.3 is 25.0 Å². The summed E-state index contributed by atoms with van der Waals surface area (Å²) in [6.45, 7) is 2.22. The van der Waals surface area contributed by atoms with Crippen molar-refractivity contribution in [2.75, 3.05) is 45.7 Å². The van der Waals surface area contributed by atoms with Crippen LogP contribution in [-0.4, -0.2) is 66.9 Å². The first-order valence-corrected chi connectivity index (χ1v) is 12.8. The van der Waals surface area contributed by atoms with Crippen LogP contribution in [0.25, 0.3) is 10.9 Å². The number of alkyl halides is 3. The first-order chi connectivity index (χ1) is 19.7. The summed E-state index contributed by atoms with van der Waals surface area (Å²) in [4.78, 5) is 28.0. The minimum absolute atomic E-state index is 0.0874. The van der Waals surface area contributed by atoms with Crippen LogP contribution in [0.1, 0.15) is 21.6 Å². The standard InChI is InChI=1S/C29H27F3N6O3/c1-38(2)11-12-40-26-6-3-20(29(30,31)32)15-24(26)37-28(39)19-13-18-14-21(4-5-23(18)36-17-19)41-22-7-8-33-25(16-22)27-34-9-10-35-27/h3-8,13-17H,9-12H2,1-2H3,(H,34,35)(H,37,39). The van der Waals surface area contributed by atoms with E-state index in [0.29, 0.717) is 47.0 Å². The fourth-order valence-corrected chi connectivity index (χ4v) is 4.07. The van der Waals surface area contributed by atoms with Gasteiger partial charge in [0.1, 0.15) is 35.4 Å². The molecule has 12 heteroatoms. The maximum atomic E-state index is 13.4. The molecule has 0 spiro atoms. The third-order valence-electron chi connectivity index (χ3n) is 6.15. The fraction of sp³-hybridized carbons (Fsp3) is 0.241. The Labute approximate surface area is 234 Å².